The zero-order valence-corrected chi connectivity index (χ0v) is 18.7. The van der Waals surface area contributed by atoms with E-state index in [2.05, 4.69) is 66.2 Å². The first-order valence-electron chi connectivity index (χ1n) is 11.5. The van der Waals surface area contributed by atoms with Crippen molar-refractivity contribution < 1.29 is 0 Å². The van der Waals surface area contributed by atoms with Crippen molar-refractivity contribution in [2.24, 2.45) is 16.0 Å². The van der Waals surface area contributed by atoms with Gasteiger partial charge in [-0.05, 0) is 50.1 Å². The third kappa shape index (κ3) is 8.53. The predicted molar refractivity (Wildman–Crippen MR) is 126 cm³/mol. The summed E-state index contributed by atoms with van der Waals surface area (Å²) in [7, 11) is 0. The van der Waals surface area contributed by atoms with E-state index in [1.807, 2.05) is 12.2 Å². The van der Waals surface area contributed by atoms with Crippen LogP contribution in [0.4, 0.5) is 11.4 Å². The molecule has 1 unspecified atom stereocenters. The van der Waals surface area contributed by atoms with Crippen LogP contribution in [0.1, 0.15) is 78.6 Å². The summed E-state index contributed by atoms with van der Waals surface area (Å²) in [5, 5.41) is 8.82. The number of rotatable bonds is 13. The first kappa shape index (κ1) is 23.3. The van der Waals surface area contributed by atoms with Gasteiger partial charge < -0.3 is 10.6 Å². The number of nitrogens with two attached hydrogens (primary N) is 1. The number of benzene rings is 1. The highest BCUT2D eigenvalue weighted by atomic mass is 15.2. The number of allylic oxidation sites excluding steroid dienone is 2. The molecule has 0 spiro atoms. The van der Waals surface area contributed by atoms with Crippen LogP contribution in [0.5, 0.6) is 0 Å². The van der Waals surface area contributed by atoms with Crippen molar-refractivity contribution in [3.8, 4) is 0 Å². The average molecular weight is 397 g/mol. The largest absolute Gasteiger partial charge is 0.372 e. The van der Waals surface area contributed by atoms with Crippen LogP contribution in [-0.4, -0.2) is 18.8 Å². The second-order valence-electron chi connectivity index (χ2n) is 8.36. The van der Waals surface area contributed by atoms with Gasteiger partial charge in [0.05, 0.1) is 5.69 Å². The number of anilines is 1. The minimum Gasteiger partial charge on any atom is -0.372 e. The smallest absolute Gasteiger partial charge is 0.152 e. The summed E-state index contributed by atoms with van der Waals surface area (Å²) in [6, 6.07) is 8.48. The zero-order chi connectivity index (χ0) is 21.0. The molecular formula is C25H40N4. The van der Waals surface area contributed by atoms with E-state index >= 15 is 0 Å². The quantitative estimate of drug-likeness (QED) is 0.281. The van der Waals surface area contributed by atoms with Gasteiger partial charge in [0.2, 0.25) is 0 Å². The van der Waals surface area contributed by atoms with Gasteiger partial charge in [0.15, 0.2) is 5.66 Å². The van der Waals surface area contributed by atoms with Crippen LogP contribution in [0.2, 0.25) is 0 Å². The molecule has 2 rings (SSSR count). The molecule has 0 heterocycles. The molecule has 0 bridgehead atoms. The van der Waals surface area contributed by atoms with E-state index in [4.69, 9.17) is 5.73 Å². The molecule has 0 amide bonds. The topological polar surface area (TPSA) is 54.0 Å². The molecule has 4 nitrogen and oxygen atoms in total. The van der Waals surface area contributed by atoms with Gasteiger partial charge in [0.25, 0.3) is 0 Å². The Hall–Kier alpha value is -1.94. The van der Waals surface area contributed by atoms with Gasteiger partial charge in [-0.15, -0.1) is 0 Å². The van der Waals surface area contributed by atoms with Crippen LogP contribution in [-0.2, 0) is 0 Å². The Bertz CT molecular complexity index is 663. The van der Waals surface area contributed by atoms with E-state index in [1.165, 1.54) is 62.6 Å². The van der Waals surface area contributed by atoms with Crippen molar-refractivity contribution in [3.05, 3.63) is 48.1 Å². The molecule has 0 aromatic heterocycles. The summed E-state index contributed by atoms with van der Waals surface area (Å²) in [6.45, 7) is 8.87. The lowest BCUT2D eigenvalue weighted by molar-refractivity contribution is 0.519. The summed E-state index contributed by atoms with van der Waals surface area (Å²) in [4.78, 5) is 2.54. The molecule has 29 heavy (non-hydrogen) atoms. The fraction of sp³-hybridized carbons (Fsp3) is 0.600. The number of nitrogens with zero attached hydrogens (tertiary/aromatic N) is 3. The van der Waals surface area contributed by atoms with Crippen molar-refractivity contribution in [1.29, 1.82) is 0 Å². The molecule has 0 fully saturated rings. The molecule has 160 valence electrons. The van der Waals surface area contributed by atoms with Crippen LogP contribution in [0.3, 0.4) is 0 Å². The summed E-state index contributed by atoms with van der Waals surface area (Å²) < 4.78 is 0. The average Bonchev–Trinajstić information content (AvgIpc) is 2.71. The second-order valence-corrected chi connectivity index (χ2v) is 8.36. The van der Waals surface area contributed by atoms with E-state index in [0.717, 1.165) is 18.8 Å². The van der Waals surface area contributed by atoms with Crippen LogP contribution in [0.15, 0.2) is 58.3 Å². The molecule has 4 heteroatoms. The van der Waals surface area contributed by atoms with Gasteiger partial charge in [-0.1, -0.05) is 70.1 Å². The fourth-order valence-corrected chi connectivity index (χ4v) is 3.72. The number of hydrogen-bond donors (Lipinski definition) is 1. The van der Waals surface area contributed by atoms with Gasteiger partial charge in [-0.2, -0.15) is 10.2 Å². The van der Waals surface area contributed by atoms with Crippen molar-refractivity contribution in [2.75, 3.05) is 18.0 Å². The Morgan fingerprint density at radius 3 is 2.10 bits per heavy atom. The summed E-state index contributed by atoms with van der Waals surface area (Å²) in [5.41, 5.74) is 8.99. The maximum absolute atomic E-state index is 6.34. The van der Waals surface area contributed by atoms with E-state index in [1.54, 1.807) is 0 Å². The van der Waals surface area contributed by atoms with Gasteiger partial charge in [0.1, 0.15) is 0 Å². The van der Waals surface area contributed by atoms with E-state index in [0.29, 0.717) is 6.42 Å². The van der Waals surface area contributed by atoms with Crippen LogP contribution in [0.25, 0.3) is 0 Å². The SMILES string of the molecule is CCCCCCN(CCCCCC)c1ccc(/N=N/C2(N)C=CC=C(C)C2)cc1. The maximum Gasteiger partial charge on any atom is 0.152 e. The minimum atomic E-state index is -0.720. The lowest BCUT2D eigenvalue weighted by atomic mass is 9.97. The van der Waals surface area contributed by atoms with Crippen molar-refractivity contribution in [2.45, 2.75) is 84.2 Å². The Kier molecular flexibility index (Phi) is 10.1. The predicted octanol–water partition coefficient (Wildman–Crippen LogP) is 7.30. The van der Waals surface area contributed by atoms with Gasteiger partial charge in [-0.3, -0.25) is 0 Å². The van der Waals surface area contributed by atoms with Gasteiger partial charge in [-0.25, -0.2) is 0 Å². The molecule has 0 radical (unpaired) electrons. The molecule has 1 atom stereocenters. The molecule has 1 aliphatic carbocycles. The number of hydrogen-bond acceptors (Lipinski definition) is 4. The molecule has 1 aromatic rings. The normalized spacial score (nSPS) is 19.0. The highest BCUT2D eigenvalue weighted by Crippen LogP contribution is 2.26. The molecule has 1 aromatic carbocycles. The minimum absolute atomic E-state index is 0.717. The van der Waals surface area contributed by atoms with Crippen molar-refractivity contribution in [1.82, 2.24) is 0 Å². The lowest BCUT2D eigenvalue weighted by Gasteiger charge is -2.25. The molecule has 2 N–H and O–H groups in total. The Labute approximate surface area is 178 Å². The van der Waals surface area contributed by atoms with E-state index < -0.39 is 5.66 Å². The van der Waals surface area contributed by atoms with Gasteiger partial charge in [0, 0.05) is 25.2 Å². The summed E-state index contributed by atoms with van der Waals surface area (Å²) >= 11 is 0. The first-order chi connectivity index (χ1) is 14.1. The van der Waals surface area contributed by atoms with Crippen molar-refractivity contribution in [3.63, 3.8) is 0 Å². The summed E-state index contributed by atoms with van der Waals surface area (Å²) in [5.74, 6) is 0. The highest BCUT2D eigenvalue weighted by molar-refractivity contribution is 5.52. The maximum atomic E-state index is 6.34. The lowest BCUT2D eigenvalue weighted by Crippen LogP contribution is -2.36. The third-order valence-corrected chi connectivity index (χ3v) is 5.46. The molecule has 1 aliphatic rings. The fourth-order valence-electron chi connectivity index (χ4n) is 3.72. The molecular weight excluding hydrogens is 356 g/mol. The van der Waals surface area contributed by atoms with Crippen molar-refractivity contribution >= 4 is 11.4 Å². The third-order valence-electron chi connectivity index (χ3n) is 5.46. The molecule has 0 saturated carbocycles. The first-order valence-corrected chi connectivity index (χ1v) is 11.5. The van der Waals surface area contributed by atoms with E-state index in [-0.39, 0.29) is 0 Å². The Balaban J connectivity index is 1.97. The number of azo groups is 1. The Morgan fingerprint density at radius 1 is 0.931 bits per heavy atom. The van der Waals surface area contributed by atoms with Gasteiger partial charge >= 0.3 is 0 Å². The standard InChI is InChI=1S/C25H40N4/c1-4-6-8-10-19-29(20-11-9-7-5-2)24-16-14-23(15-17-24)27-28-25(26)18-12-13-22(3)21-25/h12-18H,4-11,19-21,26H2,1-3H3/b28-27+. The highest BCUT2D eigenvalue weighted by Gasteiger charge is 2.23. The number of unbranched alkanes of at least 4 members (excludes halogenated alkanes) is 6. The molecule has 0 saturated heterocycles. The van der Waals surface area contributed by atoms with Crippen LogP contribution >= 0.6 is 0 Å². The van der Waals surface area contributed by atoms with E-state index in [9.17, 15) is 0 Å². The van der Waals surface area contributed by atoms with Crippen LogP contribution < -0.4 is 10.6 Å². The summed E-state index contributed by atoms with van der Waals surface area (Å²) in [6.07, 6.45) is 17.0. The van der Waals surface area contributed by atoms with Crippen LogP contribution in [0, 0.1) is 0 Å². The second kappa shape index (κ2) is 12.6. The zero-order valence-electron chi connectivity index (χ0n) is 18.7. The Morgan fingerprint density at radius 2 is 1.55 bits per heavy atom. The molecule has 0 aliphatic heterocycles. The monoisotopic (exact) mass is 396 g/mol.